The van der Waals surface area contributed by atoms with Crippen molar-refractivity contribution in [2.45, 2.75) is 132 Å². The third-order valence-corrected chi connectivity index (χ3v) is 11.8. The van der Waals surface area contributed by atoms with Crippen LogP contribution in [0.2, 0.25) is 0 Å². The molecule has 0 spiro atoms. The average molecular weight is 457 g/mol. The lowest BCUT2D eigenvalue weighted by Gasteiger charge is -2.58. The van der Waals surface area contributed by atoms with Crippen LogP contribution in [0.3, 0.4) is 0 Å². The Morgan fingerprint density at radius 2 is 1.52 bits per heavy atom. The van der Waals surface area contributed by atoms with E-state index in [0.29, 0.717) is 10.8 Å². The Kier molecular flexibility index (Phi) is 7.80. The Hall–Kier alpha value is -0.300. The van der Waals surface area contributed by atoms with Gasteiger partial charge in [-0.3, -0.25) is 0 Å². The highest BCUT2D eigenvalue weighted by atomic mass is 16.3. The minimum absolute atomic E-state index is 0.0833. The third kappa shape index (κ3) is 4.88. The smallest absolute Gasteiger partial charge is 0.0577 e. The molecule has 3 saturated carbocycles. The van der Waals surface area contributed by atoms with E-state index in [4.69, 9.17) is 0 Å². The van der Waals surface area contributed by atoms with Crippen LogP contribution in [-0.4, -0.2) is 11.2 Å². The predicted molar refractivity (Wildman–Crippen MR) is 142 cm³/mol. The Bertz CT molecular complexity index is 679. The van der Waals surface area contributed by atoms with Gasteiger partial charge in [-0.05, 0) is 122 Å². The van der Waals surface area contributed by atoms with Crippen molar-refractivity contribution in [1.82, 2.24) is 0 Å². The van der Waals surface area contributed by atoms with E-state index < -0.39 is 0 Å². The van der Waals surface area contributed by atoms with Gasteiger partial charge in [0, 0.05) is 0 Å². The quantitative estimate of drug-likeness (QED) is 0.361. The zero-order chi connectivity index (χ0) is 24.0. The molecule has 1 heteroatoms. The SMILES string of the molecule is CC(C)CCC(CCC(C)C)[C@@H](C)[C@H]1CC[C@H]2[C@@H]3CC=C4C[C@@H](O)CC[C@]4(C)[C@H]3CC[C@]12C. The van der Waals surface area contributed by atoms with Crippen LogP contribution < -0.4 is 0 Å². The summed E-state index contributed by atoms with van der Waals surface area (Å²) in [5, 5.41) is 10.3. The van der Waals surface area contributed by atoms with Crippen LogP contribution in [0.4, 0.5) is 0 Å². The summed E-state index contributed by atoms with van der Waals surface area (Å²) in [6.07, 6.45) is 18.6. The summed E-state index contributed by atoms with van der Waals surface area (Å²) in [6, 6.07) is 0. The maximum absolute atomic E-state index is 10.3. The number of allylic oxidation sites excluding steroid dienone is 1. The lowest BCUT2D eigenvalue weighted by atomic mass is 9.46. The van der Waals surface area contributed by atoms with Gasteiger partial charge in [0.2, 0.25) is 0 Å². The first-order valence-corrected chi connectivity index (χ1v) is 14.9. The molecule has 0 aromatic heterocycles. The van der Waals surface area contributed by atoms with E-state index in [1.54, 1.807) is 5.57 Å². The number of hydrogen-bond acceptors (Lipinski definition) is 1. The van der Waals surface area contributed by atoms with Gasteiger partial charge in [0.05, 0.1) is 6.10 Å². The molecule has 0 unspecified atom stereocenters. The third-order valence-electron chi connectivity index (χ3n) is 11.8. The molecule has 0 aliphatic heterocycles. The monoisotopic (exact) mass is 456 g/mol. The second-order valence-electron chi connectivity index (χ2n) is 14.4. The standard InChI is InChI=1S/C32H56O/c1-21(2)8-10-24(11-9-22(3)4)23(5)28-14-15-29-27-13-12-25-20-26(33)16-18-31(25,6)30(27)17-19-32(28,29)7/h12,21-24,26-30,33H,8-11,13-20H2,1-7H3/t23-,26+,27+,28-,29+,30+,31+,32-/m1/s1. The molecule has 0 radical (unpaired) electrons. The van der Waals surface area contributed by atoms with E-state index in [2.05, 4.69) is 54.5 Å². The molecular formula is C32H56O. The maximum Gasteiger partial charge on any atom is 0.0577 e. The topological polar surface area (TPSA) is 20.2 Å². The molecule has 1 nitrogen and oxygen atoms in total. The zero-order valence-corrected chi connectivity index (χ0v) is 23.2. The second-order valence-corrected chi connectivity index (χ2v) is 14.4. The minimum atomic E-state index is -0.0833. The van der Waals surface area contributed by atoms with Crippen molar-refractivity contribution in [2.24, 2.45) is 58.2 Å². The predicted octanol–water partition coefficient (Wildman–Crippen LogP) is 9.05. The Balaban J connectivity index is 1.51. The Morgan fingerprint density at radius 3 is 2.15 bits per heavy atom. The molecule has 1 N–H and O–H groups in total. The molecule has 0 amide bonds. The van der Waals surface area contributed by atoms with Crippen LogP contribution in [0.1, 0.15) is 126 Å². The molecule has 0 aromatic carbocycles. The van der Waals surface area contributed by atoms with Crippen LogP contribution in [0, 0.1) is 58.2 Å². The summed E-state index contributed by atoms with van der Waals surface area (Å²) in [5.74, 6) is 7.09. The van der Waals surface area contributed by atoms with Gasteiger partial charge in [0.15, 0.2) is 0 Å². The molecule has 0 heterocycles. The summed E-state index contributed by atoms with van der Waals surface area (Å²) in [6.45, 7) is 17.6. The molecule has 0 aromatic rings. The second kappa shape index (κ2) is 9.99. The Labute approximate surface area is 206 Å². The van der Waals surface area contributed by atoms with Gasteiger partial charge in [-0.25, -0.2) is 0 Å². The molecule has 0 bridgehead atoms. The fraction of sp³-hybridized carbons (Fsp3) is 0.938. The van der Waals surface area contributed by atoms with Crippen molar-refractivity contribution in [3.8, 4) is 0 Å². The summed E-state index contributed by atoms with van der Waals surface area (Å²) in [4.78, 5) is 0. The molecule has 4 aliphatic carbocycles. The lowest BCUT2D eigenvalue weighted by Crippen LogP contribution is -2.51. The number of hydrogen-bond donors (Lipinski definition) is 1. The highest BCUT2D eigenvalue weighted by Gasteiger charge is 2.59. The van der Waals surface area contributed by atoms with Crippen LogP contribution in [0.15, 0.2) is 11.6 Å². The molecule has 4 rings (SSSR count). The van der Waals surface area contributed by atoms with Crippen molar-refractivity contribution in [3.05, 3.63) is 11.6 Å². The summed E-state index contributed by atoms with van der Waals surface area (Å²) in [5.41, 5.74) is 2.56. The molecule has 8 atom stereocenters. The maximum atomic E-state index is 10.3. The van der Waals surface area contributed by atoms with Gasteiger partial charge in [-0.1, -0.05) is 73.0 Å². The highest BCUT2D eigenvalue weighted by molar-refractivity contribution is 5.25. The number of rotatable bonds is 8. The largest absolute Gasteiger partial charge is 0.393 e. The molecule has 33 heavy (non-hydrogen) atoms. The first-order chi connectivity index (χ1) is 15.6. The van der Waals surface area contributed by atoms with Crippen molar-refractivity contribution < 1.29 is 5.11 Å². The van der Waals surface area contributed by atoms with E-state index in [0.717, 1.165) is 60.2 Å². The van der Waals surface area contributed by atoms with Crippen molar-refractivity contribution in [1.29, 1.82) is 0 Å². The van der Waals surface area contributed by atoms with Gasteiger partial charge in [-0.15, -0.1) is 0 Å². The molecule has 0 saturated heterocycles. The van der Waals surface area contributed by atoms with Crippen LogP contribution in [0.5, 0.6) is 0 Å². The van der Waals surface area contributed by atoms with Crippen LogP contribution >= 0.6 is 0 Å². The Morgan fingerprint density at radius 1 is 0.848 bits per heavy atom. The van der Waals surface area contributed by atoms with Crippen molar-refractivity contribution in [3.63, 3.8) is 0 Å². The van der Waals surface area contributed by atoms with Gasteiger partial charge >= 0.3 is 0 Å². The average Bonchev–Trinajstić information content (AvgIpc) is 3.10. The van der Waals surface area contributed by atoms with E-state index >= 15 is 0 Å². The normalized spacial score (nSPS) is 41.7. The van der Waals surface area contributed by atoms with Crippen molar-refractivity contribution in [2.75, 3.05) is 0 Å². The first kappa shape index (κ1) is 25.8. The minimum Gasteiger partial charge on any atom is -0.393 e. The molecule has 3 fully saturated rings. The van der Waals surface area contributed by atoms with Crippen molar-refractivity contribution >= 4 is 0 Å². The lowest BCUT2D eigenvalue weighted by molar-refractivity contribution is -0.0615. The number of aliphatic hydroxyl groups is 1. The summed E-state index contributed by atoms with van der Waals surface area (Å²) in [7, 11) is 0. The molecular weight excluding hydrogens is 400 g/mol. The van der Waals surface area contributed by atoms with E-state index in [-0.39, 0.29) is 6.10 Å². The van der Waals surface area contributed by atoms with Gasteiger partial charge < -0.3 is 5.11 Å². The molecule has 190 valence electrons. The van der Waals surface area contributed by atoms with Crippen LogP contribution in [0.25, 0.3) is 0 Å². The van der Waals surface area contributed by atoms with E-state index in [1.807, 2.05) is 0 Å². The van der Waals surface area contributed by atoms with Crippen LogP contribution in [-0.2, 0) is 0 Å². The first-order valence-electron chi connectivity index (χ1n) is 14.9. The summed E-state index contributed by atoms with van der Waals surface area (Å²) >= 11 is 0. The molecule has 4 aliphatic rings. The van der Waals surface area contributed by atoms with E-state index in [9.17, 15) is 5.11 Å². The number of aliphatic hydroxyl groups excluding tert-OH is 1. The summed E-state index contributed by atoms with van der Waals surface area (Å²) < 4.78 is 0. The van der Waals surface area contributed by atoms with Gasteiger partial charge in [0.25, 0.3) is 0 Å². The highest BCUT2D eigenvalue weighted by Crippen LogP contribution is 2.67. The van der Waals surface area contributed by atoms with Gasteiger partial charge in [-0.2, -0.15) is 0 Å². The number of fused-ring (bicyclic) bond motifs is 5. The zero-order valence-electron chi connectivity index (χ0n) is 23.2. The fourth-order valence-corrected chi connectivity index (χ4v) is 9.64. The van der Waals surface area contributed by atoms with E-state index in [1.165, 1.54) is 64.2 Å². The fourth-order valence-electron chi connectivity index (χ4n) is 9.64. The van der Waals surface area contributed by atoms with Gasteiger partial charge in [0.1, 0.15) is 0 Å².